The molecule has 0 bridgehead atoms. The molecule has 1 aromatic carbocycles. The Hall–Kier alpha value is -1.42. The van der Waals surface area contributed by atoms with Crippen molar-refractivity contribution in [3.05, 3.63) is 29.6 Å². The van der Waals surface area contributed by atoms with E-state index >= 15 is 0 Å². The molecular weight excluding hydrogens is 235 g/mol. The zero-order valence-electron chi connectivity index (χ0n) is 10.6. The Morgan fingerprint density at radius 3 is 2.94 bits per heavy atom. The van der Waals surface area contributed by atoms with E-state index in [4.69, 9.17) is 9.47 Å². The van der Waals surface area contributed by atoms with E-state index in [-0.39, 0.29) is 23.6 Å². The van der Waals surface area contributed by atoms with Crippen LogP contribution in [-0.4, -0.2) is 25.6 Å². The highest BCUT2D eigenvalue weighted by atomic mass is 19.1. The molecule has 18 heavy (non-hydrogen) atoms. The molecule has 1 saturated heterocycles. The third kappa shape index (κ3) is 2.38. The van der Waals surface area contributed by atoms with E-state index in [1.165, 1.54) is 19.2 Å². The monoisotopic (exact) mass is 252 g/mol. The van der Waals surface area contributed by atoms with Gasteiger partial charge in [-0.2, -0.15) is 0 Å². The zero-order chi connectivity index (χ0) is 13.1. The SMILES string of the molecule is CCC1OCCC1C(=O)c1ccc(OC)c(F)c1. The molecule has 2 atom stereocenters. The van der Waals surface area contributed by atoms with Gasteiger partial charge in [0.1, 0.15) is 0 Å². The fourth-order valence-corrected chi connectivity index (χ4v) is 2.38. The third-order valence-electron chi connectivity index (χ3n) is 3.39. The minimum absolute atomic E-state index is 0.0392. The van der Waals surface area contributed by atoms with Crippen LogP contribution in [-0.2, 0) is 4.74 Å². The van der Waals surface area contributed by atoms with Gasteiger partial charge in [-0.05, 0) is 31.0 Å². The number of Topliss-reactive ketones (excluding diaryl/α,β-unsaturated/α-hetero) is 1. The number of ether oxygens (including phenoxy) is 2. The summed E-state index contributed by atoms with van der Waals surface area (Å²) >= 11 is 0. The summed E-state index contributed by atoms with van der Waals surface area (Å²) in [5, 5.41) is 0. The van der Waals surface area contributed by atoms with Crippen LogP contribution in [0.15, 0.2) is 18.2 Å². The van der Waals surface area contributed by atoms with Crippen molar-refractivity contribution < 1.29 is 18.7 Å². The second-order valence-corrected chi connectivity index (χ2v) is 4.43. The molecule has 0 saturated carbocycles. The third-order valence-corrected chi connectivity index (χ3v) is 3.39. The molecule has 0 radical (unpaired) electrons. The van der Waals surface area contributed by atoms with E-state index < -0.39 is 5.82 Å². The number of rotatable bonds is 4. The van der Waals surface area contributed by atoms with Gasteiger partial charge in [0.05, 0.1) is 19.1 Å². The highest BCUT2D eigenvalue weighted by Gasteiger charge is 2.33. The van der Waals surface area contributed by atoms with E-state index in [2.05, 4.69) is 0 Å². The lowest BCUT2D eigenvalue weighted by molar-refractivity contribution is 0.0688. The van der Waals surface area contributed by atoms with Crippen molar-refractivity contribution in [1.29, 1.82) is 0 Å². The molecule has 98 valence electrons. The summed E-state index contributed by atoms with van der Waals surface area (Å²) in [5.74, 6) is -0.541. The first-order chi connectivity index (χ1) is 8.67. The summed E-state index contributed by atoms with van der Waals surface area (Å²) in [4.78, 5) is 12.3. The molecule has 2 rings (SSSR count). The molecular formula is C14H17FO3. The Morgan fingerprint density at radius 1 is 1.56 bits per heavy atom. The lowest BCUT2D eigenvalue weighted by Crippen LogP contribution is -2.23. The van der Waals surface area contributed by atoms with Crippen LogP contribution in [0.1, 0.15) is 30.1 Å². The maximum Gasteiger partial charge on any atom is 0.168 e. The Balaban J connectivity index is 2.21. The van der Waals surface area contributed by atoms with Gasteiger partial charge in [-0.15, -0.1) is 0 Å². The Bertz CT molecular complexity index is 445. The summed E-state index contributed by atoms with van der Waals surface area (Å²) in [6.45, 7) is 2.60. The standard InChI is InChI=1S/C14H17FO3/c1-3-12-10(6-7-18-12)14(16)9-4-5-13(17-2)11(15)8-9/h4-5,8,10,12H,3,6-7H2,1-2H3. The summed E-state index contributed by atoms with van der Waals surface area (Å²) in [6.07, 6.45) is 1.47. The van der Waals surface area contributed by atoms with E-state index in [0.29, 0.717) is 18.6 Å². The van der Waals surface area contributed by atoms with Gasteiger partial charge in [0.2, 0.25) is 0 Å². The molecule has 1 aliphatic heterocycles. The highest BCUT2D eigenvalue weighted by molar-refractivity contribution is 5.98. The first-order valence-corrected chi connectivity index (χ1v) is 6.16. The topological polar surface area (TPSA) is 35.5 Å². The number of carbonyl (C=O) groups excluding carboxylic acids is 1. The zero-order valence-corrected chi connectivity index (χ0v) is 10.6. The number of ketones is 1. The van der Waals surface area contributed by atoms with Crippen molar-refractivity contribution in [2.45, 2.75) is 25.9 Å². The average Bonchev–Trinajstić information content (AvgIpc) is 2.86. The van der Waals surface area contributed by atoms with Crippen molar-refractivity contribution in [2.75, 3.05) is 13.7 Å². The van der Waals surface area contributed by atoms with Gasteiger partial charge in [0.15, 0.2) is 17.3 Å². The number of halogens is 1. The first kappa shape index (κ1) is 13.0. The first-order valence-electron chi connectivity index (χ1n) is 6.16. The molecule has 0 amide bonds. The van der Waals surface area contributed by atoms with Crippen LogP contribution >= 0.6 is 0 Å². The normalized spacial score (nSPS) is 23.1. The summed E-state index contributed by atoms with van der Waals surface area (Å²) in [5.41, 5.74) is 0.391. The maximum absolute atomic E-state index is 13.6. The number of carbonyl (C=O) groups is 1. The number of hydrogen-bond donors (Lipinski definition) is 0. The van der Waals surface area contributed by atoms with Gasteiger partial charge < -0.3 is 9.47 Å². The van der Waals surface area contributed by atoms with Crippen LogP contribution < -0.4 is 4.74 Å². The van der Waals surface area contributed by atoms with Crippen molar-refractivity contribution in [3.63, 3.8) is 0 Å². The lowest BCUT2D eigenvalue weighted by atomic mass is 9.90. The van der Waals surface area contributed by atoms with Crippen LogP contribution in [0.4, 0.5) is 4.39 Å². The smallest absolute Gasteiger partial charge is 0.168 e. The van der Waals surface area contributed by atoms with Crippen molar-refractivity contribution in [1.82, 2.24) is 0 Å². The molecule has 2 unspecified atom stereocenters. The Labute approximate surface area is 106 Å². The number of methoxy groups -OCH3 is 1. The second-order valence-electron chi connectivity index (χ2n) is 4.43. The summed E-state index contributed by atoms with van der Waals surface area (Å²) in [6, 6.07) is 4.33. The summed E-state index contributed by atoms with van der Waals surface area (Å²) < 4.78 is 23.9. The van der Waals surface area contributed by atoms with E-state index in [1.54, 1.807) is 6.07 Å². The molecule has 0 spiro atoms. The molecule has 1 aromatic rings. The molecule has 0 N–H and O–H groups in total. The predicted octanol–water partition coefficient (Wildman–Crippen LogP) is 2.83. The largest absolute Gasteiger partial charge is 0.494 e. The quantitative estimate of drug-likeness (QED) is 0.773. The van der Waals surface area contributed by atoms with Crippen LogP contribution in [0.25, 0.3) is 0 Å². The second kappa shape index (κ2) is 5.48. The van der Waals surface area contributed by atoms with Crippen LogP contribution in [0.3, 0.4) is 0 Å². The highest BCUT2D eigenvalue weighted by Crippen LogP contribution is 2.28. The summed E-state index contributed by atoms with van der Waals surface area (Å²) in [7, 11) is 1.40. The van der Waals surface area contributed by atoms with Gasteiger partial charge in [0.25, 0.3) is 0 Å². The van der Waals surface area contributed by atoms with Crippen LogP contribution in [0.5, 0.6) is 5.75 Å². The Morgan fingerprint density at radius 2 is 2.33 bits per heavy atom. The molecule has 0 aliphatic carbocycles. The molecule has 1 heterocycles. The van der Waals surface area contributed by atoms with E-state index in [1.807, 2.05) is 6.92 Å². The van der Waals surface area contributed by atoms with Crippen LogP contribution in [0, 0.1) is 11.7 Å². The lowest BCUT2D eigenvalue weighted by Gasteiger charge is -2.15. The fourth-order valence-electron chi connectivity index (χ4n) is 2.38. The van der Waals surface area contributed by atoms with Gasteiger partial charge in [-0.1, -0.05) is 6.92 Å². The van der Waals surface area contributed by atoms with E-state index in [9.17, 15) is 9.18 Å². The minimum Gasteiger partial charge on any atom is -0.494 e. The fraction of sp³-hybridized carbons (Fsp3) is 0.500. The maximum atomic E-state index is 13.6. The predicted molar refractivity (Wildman–Crippen MR) is 65.4 cm³/mol. The molecule has 1 aliphatic rings. The van der Waals surface area contributed by atoms with Crippen molar-refractivity contribution in [2.24, 2.45) is 5.92 Å². The van der Waals surface area contributed by atoms with Gasteiger partial charge in [-0.3, -0.25) is 4.79 Å². The van der Waals surface area contributed by atoms with Crippen LogP contribution in [0.2, 0.25) is 0 Å². The molecule has 1 fully saturated rings. The van der Waals surface area contributed by atoms with Crippen molar-refractivity contribution in [3.8, 4) is 5.75 Å². The molecule has 4 heteroatoms. The van der Waals surface area contributed by atoms with Gasteiger partial charge in [-0.25, -0.2) is 4.39 Å². The van der Waals surface area contributed by atoms with Gasteiger partial charge in [0, 0.05) is 12.2 Å². The Kier molecular flexibility index (Phi) is 3.97. The van der Waals surface area contributed by atoms with E-state index in [0.717, 1.165) is 6.42 Å². The van der Waals surface area contributed by atoms with Gasteiger partial charge >= 0.3 is 0 Å². The van der Waals surface area contributed by atoms with Crippen molar-refractivity contribution >= 4 is 5.78 Å². The molecule has 0 aromatic heterocycles. The minimum atomic E-state index is -0.504. The number of benzene rings is 1. The number of hydrogen-bond acceptors (Lipinski definition) is 3. The average molecular weight is 252 g/mol. The molecule has 3 nitrogen and oxygen atoms in total.